The molecule has 3 heterocycles. The van der Waals surface area contributed by atoms with Crippen LogP contribution in [-0.2, 0) is 79.6 Å². The first-order valence-electron chi connectivity index (χ1n) is 16.8. The molecule has 0 radical (unpaired) electrons. The lowest BCUT2D eigenvalue weighted by Crippen LogP contribution is -2.62. The summed E-state index contributed by atoms with van der Waals surface area (Å²) in [6.45, 7) is 14.8. The molecule has 5 unspecified atom stereocenters. The van der Waals surface area contributed by atoms with E-state index in [4.69, 9.17) is 42.6 Å². The summed E-state index contributed by atoms with van der Waals surface area (Å²) in [5, 5.41) is 29.6. The molecule has 0 amide bonds. The summed E-state index contributed by atoms with van der Waals surface area (Å²) in [5.41, 5.74) is -1.13. The number of carbonyl (C=O) groups is 5. The molecule has 3 rings (SSSR count). The van der Waals surface area contributed by atoms with Crippen LogP contribution >= 0.6 is 0 Å². The first kappa shape index (κ1) is 42.7. The highest BCUT2D eigenvalue weighted by Crippen LogP contribution is 2.33. The highest BCUT2D eigenvalue weighted by atomic mass is 16.7. The van der Waals surface area contributed by atoms with Gasteiger partial charge in [0.15, 0.2) is 43.1 Å². The molecule has 0 aliphatic carbocycles. The summed E-state index contributed by atoms with van der Waals surface area (Å²) in [5.74, 6) is -3.51. The van der Waals surface area contributed by atoms with Crippen molar-refractivity contribution in [2.24, 2.45) is 0 Å². The normalized spacial score (nSPS) is 29.5. The van der Waals surface area contributed by atoms with Gasteiger partial charge in [-0.25, -0.2) is 4.68 Å². The van der Waals surface area contributed by atoms with Gasteiger partial charge in [0.05, 0.1) is 36.2 Å². The van der Waals surface area contributed by atoms with Gasteiger partial charge in [0, 0.05) is 47.2 Å². The van der Waals surface area contributed by atoms with Crippen LogP contribution < -0.4 is 0 Å². The third-order valence-corrected chi connectivity index (χ3v) is 8.07. The van der Waals surface area contributed by atoms with Crippen LogP contribution in [0.15, 0.2) is 6.20 Å². The van der Waals surface area contributed by atoms with Crippen molar-refractivity contribution in [1.29, 1.82) is 0 Å². The van der Waals surface area contributed by atoms with Gasteiger partial charge in [0.2, 0.25) is 0 Å². The van der Waals surface area contributed by atoms with Crippen LogP contribution in [-0.4, -0.2) is 134 Å². The van der Waals surface area contributed by atoms with Crippen LogP contribution in [0, 0.1) is 0 Å². The van der Waals surface area contributed by atoms with E-state index in [1.807, 2.05) is 13.8 Å². The standard InChI is InChI=1S/C33H51N3O16/c1-16-25(46-17(2)37)27(48-19(4)39)29(50-21(6)41)31(45-16)52-32(7,8)11-12-44-33(9,10)13-22-14-36(35-34-22)15-23-24(42)26(47-18(3)38)28(30(43)51-23)49-20(5)40/h14,16,23-31,42-43H,11-13,15H2,1-10H3/t16?,23-,24-,25?,26+,27?,28-,29?,30+,31?/m1/s1. The van der Waals surface area contributed by atoms with Crippen LogP contribution in [0.4, 0.5) is 0 Å². The Labute approximate surface area is 301 Å². The predicted octanol–water partition coefficient (Wildman–Crippen LogP) is 0.283. The Morgan fingerprint density at radius 3 is 1.85 bits per heavy atom. The number of aliphatic hydroxyl groups excluding tert-OH is 2. The van der Waals surface area contributed by atoms with Crippen LogP contribution in [0.2, 0.25) is 0 Å². The fourth-order valence-corrected chi connectivity index (χ4v) is 5.89. The molecule has 0 aromatic carbocycles. The van der Waals surface area contributed by atoms with E-state index >= 15 is 0 Å². The Morgan fingerprint density at radius 1 is 0.750 bits per heavy atom. The molecule has 19 heteroatoms. The highest BCUT2D eigenvalue weighted by Gasteiger charge is 2.52. The molecule has 10 atom stereocenters. The minimum atomic E-state index is -1.68. The largest absolute Gasteiger partial charge is 0.456 e. The summed E-state index contributed by atoms with van der Waals surface area (Å²) in [6, 6.07) is 0. The molecule has 2 saturated heterocycles. The van der Waals surface area contributed by atoms with Crippen molar-refractivity contribution >= 4 is 29.8 Å². The third kappa shape index (κ3) is 12.4. The van der Waals surface area contributed by atoms with Gasteiger partial charge in [-0.1, -0.05) is 5.21 Å². The molecule has 2 aliphatic rings. The highest BCUT2D eigenvalue weighted by molar-refractivity contribution is 5.69. The minimum absolute atomic E-state index is 0.0846. The maximum Gasteiger partial charge on any atom is 0.303 e. The summed E-state index contributed by atoms with van der Waals surface area (Å²) < 4.78 is 51.8. The number of aliphatic hydroxyl groups is 2. The SMILES string of the molecule is CC(=O)OC1C(C)OC(OC(C)(C)CCOC(C)(C)Cc2cn(C[C@H]3O[C@H](O)[C@H](OC(C)=O)[C@@H](OC(C)=O)[C@@H]3O)nn2)C(OC(C)=O)C1OC(C)=O. The Balaban J connectivity index is 1.61. The second-order valence-electron chi connectivity index (χ2n) is 14.0. The first-order valence-corrected chi connectivity index (χ1v) is 16.8. The molecule has 0 bridgehead atoms. The van der Waals surface area contributed by atoms with Crippen molar-refractivity contribution in [2.45, 2.75) is 161 Å². The van der Waals surface area contributed by atoms with Crippen LogP contribution in [0.25, 0.3) is 0 Å². The number of esters is 5. The molecule has 0 saturated carbocycles. The molecule has 1 aromatic heterocycles. The second-order valence-corrected chi connectivity index (χ2v) is 14.0. The van der Waals surface area contributed by atoms with E-state index in [0.29, 0.717) is 18.5 Å². The maximum absolute atomic E-state index is 12.0. The first-order chi connectivity index (χ1) is 24.1. The van der Waals surface area contributed by atoms with Gasteiger partial charge in [0.25, 0.3) is 0 Å². The molecular weight excluding hydrogens is 694 g/mol. The maximum atomic E-state index is 12.0. The Kier molecular flexibility index (Phi) is 14.6. The topological polar surface area (TPSA) is 240 Å². The smallest absolute Gasteiger partial charge is 0.303 e. The average molecular weight is 746 g/mol. The Hall–Kier alpha value is -3.75. The van der Waals surface area contributed by atoms with Crippen LogP contribution in [0.3, 0.4) is 0 Å². The molecule has 19 nitrogen and oxygen atoms in total. The lowest BCUT2D eigenvalue weighted by molar-refractivity contribution is -0.322. The van der Waals surface area contributed by atoms with Gasteiger partial charge in [-0.15, -0.1) is 5.10 Å². The Bertz CT molecular complexity index is 1410. The summed E-state index contributed by atoms with van der Waals surface area (Å²) in [4.78, 5) is 59.0. The fraction of sp³-hybridized carbons (Fsp3) is 0.788. The van der Waals surface area contributed by atoms with Crippen LogP contribution in [0.5, 0.6) is 0 Å². The molecule has 52 heavy (non-hydrogen) atoms. The Morgan fingerprint density at radius 2 is 1.27 bits per heavy atom. The number of ether oxygens (including phenoxy) is 9. The minimum Gasteiger partial charge on any atom is -0.456 e. The van der Waals surface area contributed by atoms with Crippen LogP contribution in [0.1, 0.15) is 81.4 Å². The fourth-order valence-electron chi connectivity index (χ4n) is 5.89. The van der Waals surface area contributed by atoms with Gasteiger partial charge in [-0.2, -0.15) is 0 Å². The lowest BCUT2D eigenvalue weighted by atomic mass is 9.97. The molecular formula is C33H51N3O16. The summed E-state index contributed by atoms with van der Waals surface area (Å²) >= 11 is 0. The van der Waals surface area contributed by atoms with Crippen molar-refractivity contribution in [3.05, 3.63) is 11.9 Å². The van der Waals surface area contributed by atoms with E-state index in [1.165, 1.54) is 25.5 Å². The van der Waals surface area contributed by atoms with Gasteiger partial charge in [-0.3, -0.25) is 24.0 Å². The van der Waals surface area contributed by atoms with Crippen molar-refractivity contribution in [3.63, 3.8) is 0 Å². The van der Waals surface area contributed by atoms with E-state index in [0.717, 1.165) is 13.8 Å². The summed E-state index contributed by atoms with van der Waals surface area (Å²) in [7, 11) is 0. The number of rotatable bonds is 15. The third-order valence-electron chi connectivity index (χ3n) is 8.07. The van der Waals surface area contributed by atoms with Crippen molar-refractivity contribution < 1.29 is 76.8 Å². The van der Waals surface area contributed by atoms with Gasteiger partial charge < -0.3 is 52.8 Å². The van der Waals surface area contributed by atoms with Gasteiger partial charge in [0.1, 0.15) is 12.2 Å². The molecule has 0 spiro atoms. The van der Waals surface area contributed by atoms with E-state index in [1.54, 1.807) is 27.0 Å². The van der Waals surface area contributed by atoms with E-state index in [-0.39, 0.29) is 13.2 Å². The second kappa shape index (κ2) is 17.8. The summed E-state index contributed by atoms with van der Waals surface area (Å²) in [6.07, 6.45) is -10.2. The molecule has 1 aromatic rings. The van der Waals surface area contributed by atoms with Crippen molar-refractivity contribution in [2.75, 3.05) is 6.61 Å². The van der Waals surface area contributed by atoms with E-state index in [9.17, 15) is 34.2 Å². The predicted molar refractivity (Wildman–Crippen MR) is 173 cm³/mol. The van der Waals surface area contributed by atoms with Gasteiger partial charge >= 0.3 is 29.8 Å². The molecule has 2 fully saturated rings. The molecule has 294 valence electrons. The number of aromatic nitrogens is 3. The lowest BCUT2D eigenvalue weighted by Gasteiger charge is -2.45. The number of carbonyl (C=O) groups excluding carboxylic acids is 5. The molecule has 2 N–H and O–H groups in total. The monoisotopic (exact) mass is 745 g/mol. The van der Waals surface area contributed by atoms with E-state index < -0.39 is 102 Å². The molecule has 2 aliphatic heterocycles. The van der Waals surface area contributed by atoms with Crippen molar-refractivity contribution in [3.8, 4) is 0 Å². The van der Waals surface area contributed by atoms with Crippen molar-refractivity contribution in [1.82, 2.24) is 15.0 Å². The zero-order valence-electron chi connectivity index (χ0n) is 31.1. The number of hydrogen-bond acceptors (Lipinski definition) is 18. The average Bonchev–Trinajstić information content (AvgIpc) is 3.41. The van der Waals surface area contributed by atoms with E-state index in [2.05, 4.69) is 10.3 Å². The quantitative estimate of drug-likeness (QED) is 0.181. The number of hydrogen-bond donors (Lipinski definition) is 2. The number of nitrogens with zero attached hydrogens (tertiary/aromatic N) is 3. The van der Waals surface area contributed by atoms with Gasteiger partial charge in [-0.05, 0) is 41.0 Å². The zero-order valence-corrected chi connectivity index (χ0v) is 31.1. The zero-order chi connectivity index (χ0) is 39.1.